The van der Waals surface area contributed by atoms with Gasteiger partial charge in [0, 0.05) is 36.3 Å². The lowest BCUT2D eigenvalue weighted by atomic mass is 9.61. The third-order valence-corrected chi connectivity index (χ3v) is 8.60. The number of ether oxygens (including phenoxy) is 1. The van der Waals surface area contributed by atoms with Crippen LogP contribution in [0.3, 0.4) is 0 Å². The van der Waals surface area contributed by atoms with E-state index in [4.69, 9.17) is 38.2 Å². The van der Waals surface area contributed by atoms with E-state index in [0.717, 1.165) is 31.0 Å². The Balaban J connectivity index is 0.000000193. The molecular formula is C31H46ClN5O3. The van der Waals surface area contributed by atoms with Gasteiger partial charge in [0.1, 0.15) is 17.9 Å². The van der Waals surface area contributed by atoms with Crippen LogP contribution in [0.25, 0.3) is 0 Å². The highest BCUT2D eigenvalue weighted by Crippen LogP contribution is 2.51. The average Bonchev–Trinajstić information content (AvgIpc) is 2.90. The van der Waals surface area contributed by atoms with Gasteiger partial charge in [-0.15, -0.1) is 0 Å². The van der Waals surface area contributed by atoms with E-state index in [-0.39, 0.29) is 10.8 Å². The first-order chi connectivity index (χ1) is 19.2. The molecule has 4 fully saturated rings. The lowest BCUT2D eigenvalue weighted by Gasteiger charge is -2.61. The first-order valence-corrected chi connectivity index (χ1v) is 15.0. The van der Waals surface area contributed by atoms with Crippen LogP contribution in [0.4, 0.5) is 0 Å². The molecule has 0 unspecified atom stereocenters. The Kier molecular flexibility index (Phi) is 12.5. The zero-order chi connectivity index (χ0) is 29.0. The second-order valence-corrected chi connectivity index (χ2v) is 12.1. The number of rotatable bonds is 6. The van der Waals surface area contributed by atoms with Crippen molar-refractivity contribution in [3.8, 4) is 11.8 Å². The van der Waals surface area contributed by atoms with E-state index in [1.807, 2.05) is 13.0 Å². The van der Waals surface area contributed by atoms with Crippen LogP contribution in [0, 0.1) is 16.7 Å². The summed E-state index contributed by atoms with van der Waals surface area (Å²) >= 11 is 5.55. The van der Waals surface area contributed by atoms with E-state index in [0.29, 0.717) is 29.0 Å². The number of phenols is 1. The summed E-state index contributed by atoms with van der Waals surface area (Å²) in [6.07, 6.45) is 20.4. The number of amides is 1. The van der Waals surface area contributed by atoms with Crippen molar-refractivity contribution in [2.75, 3.05) is 13.1 Å². The standard InChI is InChI=1S/C17H29N3O.C7H4ClNO.C7H13NO/c1-13(18)7-8-16(19)21-15-9-17(10-15)11-20(12-17)14-5-3-2-4-6-14;8-7-3-6(10)2-1-5(7)4-9;9-6-8-7-4-2-1-3-5-7/h7-8,14-15H,2-6,9-12,18-19H2,1H3;1-3,10H;6-7H,1-5H2,(H,8,9)/b13-7-,16-8+;;. The molecule has 1 heterocycles. The fraction of sp³-hybridized carbons (Fsp3) is 0.613. The lowest BCUT2D eigenvalue weighted by molar-refractivity contribution is -0.152. The van der Waals surface area contributed by atoms with Gasteiger partial charge in [0.05, 0.1) is 10.6 Å². The van der Waals surface area contributed by atoms with Crippen molar-refractivity contribution in [1.29, 1.82) is 5.26 Å². The minimum atomic E-state index is 0.0731. The number of nitriles is 1. The first-order valence-electron chi connectivity index (χ1n) is 14.6. The highest BCUT2D eigenvalue weighted by Gasteiger charge is 2.54. The van der Waals surface area contributed by atoms with Gasteiger partial charge in [0.2, 0.25) is 6.41 Å². The maximum atomic E-state index is 9.96. The van der Waals surface area contributed by atoms with Crippen LogP contribution in [-0.4, -0.2) is 47.7 Å². The Morgan fingerprint density at radius 2 is 1.73 bits per heavy atom. The van der Waals surface area contributed by atoms with Crippen LogP contribution >= 0.6 is 11.6 Å². The summed E-state index contributed by atoms with van der Waals surface area (Å²) < 4.78 is 5.77. The van der Waals surface area contributed by atoms with Crippen LogP contribution < -0.4 is 16.8 Å². The number of allylic oxidation sites excluding steroid dienone is 3. The number of nitrogens with zero attached hydrogens (tertiary/aromatic N) is 2. The SMILES string of the molecule is C/C(N)=C/C=C(\N)OC1CC2(C1)CN(C1CCCCC1)C2.N#Cc1ccc(O)cc1Cl.O=CNC1CCCCC1. The Morgan fingerprint density at radius 3 is 2.27 bits per heavy atom. The number of carbonyl (C=O) groups excluding carboxylic acids is 1. The maximum Gasteiger partial charge on any atom is 0.207 e. The smallest absolute Gasteiger partial charge is 0.207 e. The minimum absolute atomic E-state index is 0.0731. The number of carbonyl (C=O) groups is 1. The predicted octanol–water partition coefficient (Wildman–Crippen LogP) is 5.45. The molecular weight excluding hydrogens is 526 g/mol. The van der Waals surface area contributed by atoms with E-state index < -0.39 is 0 Å². The molecule has 40 heavy (non-hydrogen) atoms. The molecule has 1 amide bonds. The fourth-order valence-corrected chi connectivity index (χ4v) is 6.39. The number of halogens is 1. The van der Waals surface area contributed by atoms with Crippen LogP contribution in [0.2, 0.25) is 5.02 Å². The molecule has 3 saturated carbocycles. The zero-order valence-corrected chi connectivity index (χ0v) is 24.5. The summed E-state index contributed by atoms with van der Waals surface area (Å²) in [5.74, 6) is 0.562. The number of likely N-dealkylation sites (tertiary alicyclic amines) is 1. The van der Waals surface area contributed by atoms with Crippen molar-refractivity contribution >= 4 is 18.0 Å². The molecule has 8 nitrogen and oxygen atoms in total. The number of benzene rings is 1. The Hall–Kier alpha value is -2.89. The van der Waals surface area contributed by atoms with Crippen LogP contribution in [0.5, 0.6) is 5.75 Å². The molecule has 1 aromatic carbocycles. The average molecular weight is 572 g/mol. The van der Waals surface area contributed by atoms with Crippen LogP contribution in [0.15, 0.2) is 41.9 Å². The quantitative estimate of drug-likeness (QED) is 0.202. The number of nitrogens with two attached hydrogens (primary N) is 2. The summed E-state index contributed by atoms with van der Waals surface area (Å²) in [5.41, 5.74) is 13.1. The van der Waals surface area contributed by atoms with Gasteiger partial charge in [-0.05, 0) is 75.8 Å². The molecule has 6 N–H and O–H groups in total. The molecule has 1 saturated heterocycles. The Bertz CT molecular complexity index is 1040. The van der Waals surface area contributed by atoms with Crippen molar-refractivity contribution in [3.05, 3.63) is 52.5 Å². The molecule has 5 rings (SSSR count). The molecule has 220 valence electrons. The highest BCUT2D eigenvalue weighted by atomic mass is 35.5. The van der Waals surface area contributed by atoms with Gasteiger partial charge in [-0.1, -0.05) is 50.1 Å². The number of aromatic hydroxyl groups is 1. The third kappa shape index (κ3) is 9.94. The largest absolute Gasteiger partial charge is 0.508 e. The lowest BCUT2D eigenvalue weighted by Crippen LogP contribution is -2.66. The van der Waals surface area contributed by atoms with Crippen LogP contribution in [0.1, 0.15) is 89.5 Å². The topological polar surface area (TPSA) is 138 Å². The van der Waals surface area contributed by atoms with Gasteiger partial charge in [0.25, 0.3) is 0 Å². The van der Waals surface area contributed by atoms with Crippen molar-refractivity contribution in [1.82, 2.24) is 10.2 Å². The van der Waals surface area contributed by atoms with Gasteiger partial charge in [-0.2, -0.15) is 5.26 Å². The van der Waals surface area contributed by atoms with E-state index >= 15 is 0 Å². The van der Waals surface area contributed by atoms with Crippen molar-refractivity contribution < 1.29 is 14.6 Å². The summed E-state index contributed by atoms with van der Waals surface area (Å²) in [4.78, 5) is 12.7. The monoisotopic (exact) mass is 571 g/mol. The van der Waals surface area contributed by atoms with Crippen molar-refractivity contribution in [3.63, 3.8) is 0 Å². The molecule has 1 aromatic rings. The Labute approximate surface area is 244 Å². The minimum Gasteiger partial charge on any atom is -0.508 e. The van der Waals surface area contributed by atoms with E-state index in [9.17, 15) is 4.79 Å². The molecule has 0 radical (unpaired) electrons. The van der Waals surface area contributed by atoms with E-state index in [2.05, 4.69) is 10.2 Å². The maximum absolute atomic E-state index is 9.96. The summed E-state index contributed by atoms with van der Waals surface area (Å²) in [5, 5.41) is 20.3. The van der Waals surface area contributed by atoms with Crippen molar-refractivity contribution in [2.45, 2.75) is 102 Å². The number of phenolic OH excluding ortho intramolecular Hbond substituents is 1. The molecule has 3 aliphatic carbocycles. The summed E-state index contributed by atoms with van der Waals surface area (Å²) in [6.45, 7) is 4.41. The number of hydrogen-bond acceptors (Lipinski definition) is 7. The molecule has 9 heteroatoms. The predicted molar refractivity (Wildman–Crippen MR) is 159 cm³/mol. The molecule has 0 aromatic heterocycles. The fourth-order valence-electron chi connectivity index (χ4n) is 6.17. The number of nitrogens with one attached hydrogen (secondary N) is 1. The van der Waals surface area contributed by atoms with Gasteiger partial charge < -0.3 is 26.6 Å². The highest BCUT2D eigenvalue weighted by molar-refractivity contribution is 6.31. The van der Waals surface area contributed by atoms with E-state index in [1.165, 1.54) is 95.5 Å². The van der Waals surface area contributed by atoms with Gasteiger partial charge in [-0.3, -0.25) is 9.69 Å². The zero-order valence-electron chi connectivity index (χ0n) is 23.8. The second kappa shape index (κ2) is 15.8. The van der Waals surface area contributed by atoms with Gasteiger partial charge >= 0.3 is 0 Å². The molecule has 0 atom stereocenters. The number of hydrogen-bond donors (Lipinski definition) is 4. The van der Waals surface area contributed by atoms with Gasteiger partial charge in [-0.25, -0.2) is 0 Å². The molecule has 0 bridgehead atoms. The molecule has 1 spiro atoms. The Morgan fingerprint density at radius 1 is 1.10 bits per heavy atom. The summed E-state index contributed by atoms with van der Waals surface area (Å²) in [6, 6.07) is 7.45. The summed E-state index contributed by atoms with van der Waals surface area (Å²) in [7, 11) is 0. The molecule has 4 aliphatic rings. The first kappa shape index (κ1) is 31.6. The van der Waals surface area contributed by atoms with Crippen LogP contribution in [-0.2, 0) is 9.53 Å². The van der Waals surface area contributed by atoms with Crippen molar-refractivity contribution in [2.24, 2.45) is 16.9 Å². The normalized spacial score (nSPS) is 21.8. The van der Waals surface area contributed by atoms with Gasteiger partial charge in [0.15, 0.2) is 5.88 Å². The molecule has 1 aliphatic heterocycles. The second-order valence-electron chi connectivity index (χ2n) is 11.7. The van der Waals surface area contributed by atoms with E-state index in [1.54, 1.807) is 12.2 Å². The third-order valence-electron chi connectivity index (χ3n) is 8.28.